The van der Waals surface area contributed by atoms with Crippen molar-refractivity contribution in [3.63, 3.8) is 0 Å². The zero-order valence-corrected chi connectivity index (χ0v) is 20.3. The highest BCUT2D eigenvalue weighted by Crippen LogP contribution is 2.65. The molecule has 1 aliphatic heterocycles. The van der Waals surface area contributed by atoms with Gasteiger partial charge in [-0.25, -0.2) is 4.79 Å². The van der Waals surface area contributed by atoms with Crippen LogP contribution in [-0.2, 0) is 32.1 Å². The summed E-state index contributed by atoms with van der Waals surface area (Å²) in [4.78, 5) is 39.4. The number of rotatable bonds is 6. The van der Waals surface area contributed by atoms with E-state index < -0.39 is 22.4 Å². The van der Waals surface area contributed by atoms with Crippen LogP contribution < -0.4 is 5.43 Å². The number of carbonyl (C=O) groups excluding carboxylic acids is 2. The number of carbonyl (C=O) groups is 2. The van der Waals surface area contributed by atoms with Crippen molar-refractivity contribution in [1.82, 2.24) is 0 Å². The average Bonchev–Trinajstić information content (AvgIpc) is 3.02. The lowest BCUT2D eigenvalue weighted by Gasteiger charge is -2.34. The molecule has 2 heterocycles. The molecule has 7 heteroatoms. The van der Waals surface area contributed by atoms with Crippen LogP contribution in [0.3, 0.4) is 0 Å². The normalized spacial score (nSPS) is 26.0. The molecule has 2 aliphatic rings. The van der Waals surface area contributed by atoms with Crippen LogP contribution in [0.5, 0.6) is 0 Å². The molecule has 0 radical (unpaired) electrons. The molecular weight excluding hydrogens is 428 g/mol. The molecule has 1 saturated heterocycles. The maximum Gasteiger partial charge on any atom is 0.351 e. The Labute approximate surface area is 192 Å². The van der Waals surface area contributed by atoms with Gasteiger partial charge in [0.1, 0.15) is 18.0 Å². The van der Waals surface area contributed by atoms with Crippen LogP contribution in [0.1, 0.15) is 65.7 Å². The van der Waals surface area contributed by atoms with Gasteiger partial charge in [-0.05, 0) is 31.9 Å². The number of fused-ring (bicyclic) bond motifs is 3. The summed E-state index contributed by atoms with van der Waals surface area (Å²) in [6.07, 6.45) is 1.61. The van der Waals surface area contributed by atoms with E-state index in [1.807, 2.05) is 33.8 Å². The standard InChI is InChI=1S/C25H30O6S/c1-7-15-12-18(26)16-8-9-19(32-14(2)3)17(20(16)30-15)13-29-22(28)25-11-10-24(6,21(27)31-25)23(25,4)5/h8-9,12,14H,7,10-11,13H2,1-6H3. The monoisotopic (exact) mass is 458 g/mol. The molecule has 1 aliphatic carbocycles. The third kappa shape index (κ3) is 3.11. The Morgan fingerprint density at radius 2 is 1.91 bits per heavy atom. The summed E-state index contributed by atoms with van der Waals surface area (Å²) in [5.41, 5.74) is -1.67. The first kappa shape index (κ1) is 22.9. The van der Waals surface area contributed by atoms with E-state index in [4.69, 9.17) is 13.9 Å². The van der Waals surface area contributed by atoms with E-state index in [2.05, 4.69) is 13.8 Å². The molecular formula is C25H30O6S. The lowest BCUT2D eigenvalue weighted by atomic mass is 9.66. The lowest BCUT2D eigenvalue weighted by Crippen LogP contribution is -2.48. The van der Waals surface area contributed by atoms with Crippen LogP contribution >= 0.6 is 11.8 Å². The van der Waals surface area contributed by atoms with Crippen LogP contribution in [0, 0.1) is 10.8 Å². The van der Waals surface area contributed by atoms with Gasteiger partial charge < -0.3 is 13.9 Å². The molecule has 0 amide bonds. The van der Waals surface area contributed by atoms with Crippen molar-refractivity contribution in [2.24, 2.45) is 10.8 Å². The number of esters is 2. The molecule has 6 nitrogen and oxygen atoms in total. The second-order valence-electron chi connectivity index (χ2n) is 9.77. The highest BCUT2D eigenvalue weighted by atomic mass is 32.2. The summed E-state index contributed by atoms with van der Waals surface area (Å²) in [6, 6.07) is 5.15. The fraction of sp³-hybridized carbons (Fsp3) is 0.560. The van der Waals surface area contributed by atoms with Crippen molar-refractivity contribution in [3.05, 3.63) is 39.7 Å². The van der Waals surface area contributed by atoms with E-state index in [0.29, 0.717) is 41.6 Å². The van der Waals surface area contributed by atoms with Crippen molar-refractivity contribution >= 4 is 34.7 Å². The second-order valence-corrected chi connectivity index (χ2v) is 11.4. The highest BCUT2D eigenvalue weighted by Gasteiger charge is 2.76. The van der Waals surface area contributed by atoms with Gasteiger partial charge in [-0.15, -0.1) is 11.8 Å². The number of hydrogen-bond donors (Lipinski definition) is 0. The van der Waals surface area contributed by atoms with Gasteiger partial charge in [0.15, 0.2) is 5.43 Å². The fourth-order valence-electron chi connectivity index (χ4n) is 4.94. The molecule has 1 saturated carbocycles. The fourth-order valence-corrected chi connectivity index (χ4v) is 5.89. The van der Waals surface area contributed by atoms with Gasteiger partial charge >= 0.3 is 11.9 Å². The van der Waals surface area contributed by atoms with E-state index >= 15 is 0 Å². The maximum absolute atomic E-state index is 13.4. The minimum absolute atomic E-state index is 0.0621. The summed E-state index contributed by atoms with van der Waals surface area (Å²) in [6.45, 7) is 11.7. The SMILES string of the molecule is CCc1cc(=O)c2ccc(SC(C)C)c(COC(=O)C34CCC(C)(C(=O)O3)C4(C)C)c2o1. The van der Waals surface area contributed by atoms with Crippen molar-refractivity contribution in [1.29, 1.82) is 0 Å². The van der Waals surface area contributed by atoms with Crippen molar-refractivity contribution in [2.75, 3.05) is 0 Å². The van der Waals surface area contributed by atoms with Crippen LogP contribution in [0.4, 0.5) is 0 Å². The number of aryl methyl sites for hydroxylation is 1. The van der Waals surface area contributed by atoms with Gasteiger partial charge in [0.2, 0.25) is 5.60 Å². The quantitative estimate of drug-likeness (QED) is 0.444. The minimum Gasteiger partial charge on any atom is -0.460 e. The Kier molecular flexibility index (Phi) is 5.47. The molecule has 0 N–H and O–H groups in total. The molecule has 2 bridgehead atoms. The molecule has 1 aromatic heterocycles. The number of hydrogen-bond acceptors (Lipinski definition) is 7. The van der Waals surface area contributed by atoms with Crippen LogP contribution in [0.25, 0.3) is 11.0 Å². The summed E-state index contributed by atoms with van der Waals surface area (Å²) < 4.78 is 17.5. The zero-order chi connectivity index (χ0) is 23.5. The van der Waals surface area contributed by atoms with Gasteiger partial charge in [-0.3, -0.25) is 9.59 Å². The molecule has 2 aromatic rings. The lowest BCUT2D eigenvalue weighted by molar-refractivity contribution is -0.184. The molecule has 4 rings (SSSR count). The molecule has 172 valence electrons. The van der Waals surface area contributed by atoms with E-state index in [1.165, 1.54) is 6.07 Å². The second kappa shape index (κ2) is 7.65. The zero-order valence-electron chi connectivity index (χ0n) is 19.5. The molecule has 32 heavy (non-hydrogen) atoms. The Morgan fingerprint density at radius 1 is 1.19 bits per heavy atom. The summed E-state index contributed by atoms with van der Waals surface area (Å²) in [5, 5.41) is 0.743. The predicted molar refractivity (Wildman–Crippen MR) is 123 cm³/mol. The number of thioether (sulfide) groups is 1. The first-order valence-corrected chi connectivity index (χ1v) is 12.0. The van der Waals surface area contributed by atoms with Crippen LogP contribution in [-0.4, -0.2) is 22.8 Å². The molecule has 2 atom stereocenters. The van der Waals surface area contributed by atoms with Gasteiger partial charge in [0.05, 0.1) is 10.8 Å². The topological polar surface area (TPSA) is 82.8 Å². The molecule has 2 fully saturated rings. The maximum atomic E-state index is 13.4. The van der Waals surface area contributed by atoms with E-state index in [9.17, 15) is 14.4 Å². The smallest absolute Gasteiger partial charge is 0.351 e. The first-order valence-electron chi connectivity index (χ1n) is 11.1. The van der Waals surface area contributed by atoms with Gasteiger partial charge in [-0.2, -0.15) is 0 Å². The van der Waals surface area contributed by atoms with Crippen molar-refractivity contribution in [3.8, 4) is 0 Å². The third-order valence-corrected chi connectivity index (χ3v) is 8.59. The molecule has 0 spiro atoms. The molecule has 2 unspecified atom stereocenters. The summed E-state index contributed by atoms with van der Waals surface area (Å²) in [7, 11) is 0. The third-order valence-electron chi connectivity index (χ3n) is 7.48. The van der Waals surface area contributed by atoms with E-state index in [1.54, 1.807) is 17.8 Å². The Bertz CT molecular complexity index is 1160. The Balaban J connectivity index is 1.73. The van der Waals surface area contributed by atoms with E-state index in [-0.39, 0.29) is 23.3 Å². The minimum atomic E-state index is -1.29. The number of benzene rings is 1. The molecule has 1 aromatic carbocycles. The van der Waals surface area contributed by atoms with Crippen LogP contribution in [0.2, 0.25) is 0 Å². The van der Waals surface area contributed by atoms with E-state index in [0.717, 1.165) is 4.90 Å². The predicted octanol–water partition coefficient (Wildman–Crippen LogP) is 5.02. The van der Waals surface area contributed by atoms with Gasteiger partial charge in [0, 0.05) is 33.6 Å². The first-order chi connectivity index (χ1) is 15.0. The summed E-state index contributed by atoms with van der Waals surface area (Å²) >= 11 is 1.62. The highest BCUT2D eigenvalue weighted by molar-refractivity contribution is 8.00. The van der Waals surface area contributed by atoms with Crippen molar-refractivity contribution in [2.45, 2.75) is 83.2 Å². The Morgan fingerprint density at radius 3 is 2.47 bits per heavy atom. The van der Waals surface area contributed by atoms with Gasteiger partial charge in [-0.1, -0.05) is 34.6 Å². The largest absolute Gasteiger partial charge is 0.460 e. The summed E-state index contributed by atoms with van der Waals surface area (Å²) in [5.74, 6) is -0.299. The number of ether oxygens (including phenoxy) is 2. The average molecular weight is 459 g/mol. The van der Waals surface area contributed by atoms with Crippen molar-refractivity contribution < 1.29 is 23.5 Å². The van der Waals surface area contributed by atoms with Gasteiger partial charge in [0.25, 0.3) is 0 Å². The Hall–Kier alpha value is -2.28. The van der Waals surface area contributed by atoms with Crippen LogP contribution in [0.15, 0.2) is 32.3 Å².